The highest BCUT2D eigenvalue weighted by atomic mass is 79.9. The van der Waals surface area contributed by atoms with Crippen molar-refractivity contribution < 1.29 is 9.21 Å². The van der Waals surface area contributed by atoms with Gasteiger partial charge in [-0.15, -0.1) is 0 Å². The molecule has 0 unspecified atom stereocenters. The molecule has 1 saturated carbocycles. The van der Waals surface area contributed by atoms with Crippen molar-refractivity contribution in [2.24, 2.45) is 5.92 Å². The van der Waals surface area contributed by atoms with Crippen LogP contribution in [0.15, 0.2) is 27.1 Å². The van der Waals surface area contributed by atoms with Crippen molar-refractivity contribution in [1.29, 1.82) is 0 Å². The van der Waals surface area contributed by atoms with Gasteiger partial charge in [-0.25, -0.2) is 0 Å². The average Bonchev–Trinajstić information content (AvgIpc) is 2.97. The highest BCUT2D eigenvalue weighted by Gasteiger charge is 2.32. The molecule has 4 heteroatoms. The molecule has 0 amide bonds. The molecular weight excluding hydrogens is 291 g/mol. The number of furan rings is 1. The maximum absolute atomic E-state index is 11.8. The number of ketones is 1. The Balaban J connectivity index is 2.14. The molecule has 2 nitrogen and oxygen atoms in total. The average molecular weight is 300 g/mol. The fraction of sp³-hybridized carbons (Fsp3) is 0.250. The van der Waals surface area contributed by atoms with Crippen LogP contribution in [0.1, 0.15) is 23.4 Å². The maximum atomic E-state index is 11.8. The minimum absolute atomic E-state index is 0.100. The van der Waals surface area contributed by atoms with Crippen molar-refractivity contribution in [3.8, 4) is 0 Å². The van der Waals surface area contributed by atoms with E-state index in [0.29, 0.717) is 16.4 Å². The second-order valence-electron chi connectivity index (χ2n) is 4.06. The van der Waals surface area contributed by atoms with E-state index < -0.39 is 0 Å². The molecular formula is C12H8BrClO2. The van der Waals surface area contributed by atoms with Crippen LogP contribution < -0.4 is 0 Å². The van der Waals surface area contributed by atoms with Crippen molar-refractivity contribution in [3.63, 3.8) is 0 Å². The molecule has 82 valence electrons. The second kappa shape index (κ2) is 3.60. The van der Waals surface area contributed by atoms with Crippen LogP contribution in [0.25, 0.3) is 11.0 Å². The summed E-state index contributed by atoms with van der Waals surface area (Å²) in [5.41, 5.74) is 0.592. The highest BCUT2D eigenvalue weighted by Crippen LogP contribution is 2.36. The summed E-state index contributed by atoms with van der Waals surface area (Å²) in [4.78, 5) is 11.8. The summed E-state index contributed by atoms with van der Waals surface area (Å²) in [6.45, 7) is 0. The number of halogens is 2. The summed E-state index contributed by atoms with van der Waals surface area (Å²) in [5.74, 6) is 0.698. The number of fused-ring (bicyclic) bond motifs is 1. The topological polar surface area (TPSA) is 30.2 Å². The molecule has 0 saturated heterocycles. The first-order valence-electron chi connectivity index (χ1n) is 5.08. The minimum Gasteiger partial charge on any atom is -0.451 e. The van der Waals surface area contributed by atoms with Gasteiger partial charge >= 0.3 is 0 Å². The van der Waals surface area contributed by atoms with Gasteiger partial charge in [-0.3, -0.25) is 4.79 Å². The van der Waals surface area contributed by atoms with Gasteiger partial charge < -0.3 is 4.42 Å². The van der Waals surface area contributed by atoms with Gasteiger partial charge in [0.25, 0.3) is 0 Å². The smallest absolute Gasteiger partial charge is 0.201 e. The van der Waals surface area contributed by atoms with E-state index in [1.807, 2.05) is 6.07 Å². The number of Topliss-reactive ketones (excluding diaryl/α,β-unsaturated/α-hetero) is 1. The van der Waals surface area contributed by atoms with Gasteiger partial charge in [0, 0.05) is 15.8 Å². The normalized spacial score (nSPS) is 15.6. The van der Waals surface area contributed by atoms with Crippen molar-refractivity contribution in [3.05, 3.63) is 33.5 Å². The lowest BCUT2D eigenvalue weighted by Gasteiger charge is -1.93. The molecule has 2 aromatic rings. The molecule has 0 aliphatic heterocycles. The number of carbonyl (C=O) groups excluding carboxylic acids is 1. The Morgan fingerprint density at radius 3 is 2.81 bits per heavy atom. The predicted molar refractivity (Wildman–Crippen MR) is 66.0 cm³/mol. The summed E-state index contributed by atoms with van der Waals surface area (Å²) >= 11 is 9.40. The van der Waals surface area contributed by atoms with E-state index in [9.17, 15) is 4.79 Å². The lowest BCUT2D eigenvalue weighted by atomic mass is 10.2. The molecule has 16 heavy (non-hydrogen) atoms. The van der Waals surface area contributed by atoms with Crippen molar-refractivity contribution in [1.82, 2.24) is 0 Å². The first-order chi connectivity index (χ1) is 7.65. The van der Waals surface area contributed by atoms with Gasteiger partial charge in [0.05, 0.1) is 5.02 Å². The summed E-state index contributed by atoms with van der Waals surface area (Å²) in [6.07, 6.45) is 1.96. The molecule has 0 radical (unpaired) electrons. The largest absolute Gasteiger partial charge is 0.451 e. The van der Waals surface area contributed by atoms with Crippen LogP contribution in [-0.4, -0.2) is 5.78 Å². The number of hydrogen-bond donors (Lipinski definition) is 0. The van der Waals surface area contributed by atoms with E-state index in [0.717, 1.165) is 22.7 Å². The van der Waals surface area contributed by atoms with Crippen LogP contribution in [0.3, 0.4) is 0 Å². The van der Waals surface area contributed by atoms with E-state index in [2.05, 4.69) is 15.9 Å². The summed E-state index contributed by atoms with van der Waals surface area (Å²) in [5, 5.41) is 1.39. The fourth-order valence-electron chi connectivity index (χ4n) is 1.74. The quantitative estimate of drug-likeness (QED) is 0.767. The van der Waals surface area contributed by atoms with Crippen LogP contribution in [0.5, 0.6) is 0 Å². The van der Waals surface area contributed by atoms with Gasteiger partial charge in [-0.2, -0.15) is 0 Å². The number of hydrogen-bond acceptors (Lipinski definition) is 2. The minimum atomic E-state index is 0.100. The summed E-state index contributed by atoms with van der Waals surface area (Å²) in [7, 11) is 0. The SMILES string of the molecule is O=C(c1cc2cc(Br)cc(Cl)c2o1)C1CC1. The standard InChI is InChI=1S/C12H8BrClO2/c13-8-3-7-4-10(11(15)6-1-2-6)16-12(7)9(14)5-8/h3-6H,1-2H2. The highest BCUT2D eigenvalue weighted by molar-refractivity contribution is 9.10. The number of carbonyl (C=O) groups is 1. The van der Waals surface area contributed by atoms with Crippen molar-refractivity contribution >= 4 is 44.3 Å². The van der Waals surface area contributed by atoms with Crippen LogP contribution in [0.4, 0.5) is 0 Å². The zero-order chi connectivity index (χ0) is 11.3. The van der Waals surface area contributed by atoms with E-state index in [-0.39, 0.29) is 11.7 Å². The van der Waals surface area contributed by atoms with Crippen molar-refractivity contribution in [2.45, 2.75) is 12.8 Å². The zero-order valence-corrected chi connectivity index (χ0v) is 10.6. The predicted octanol–water partition coefficient (Wildman–Crippen LogP) is 4.44. The number of benzene rings is 1. The number of rotatable bonds is 2. The Labute approximate surface area is 106 Å². The third-order valence-corrected chi connectivity index (χ3v) is 3.47. The Kier molecular flexibility index (Phi) is 2.33. The van der Waals surface area contributed by atoms with E-state index in [4.69, 9.17) is 16.0 Å². The molecule has 0 N–H and O–H groups in total. The molecule has 0 atom stereocenters. The molecule has 1 aliphatic carbocycles. The monoisotopic (exact) mass is 298 g/mol. The summed E-state index contributed by atoms with van der Waals surface area (Å²) < 4.78 is 6.40. The van der Waals surface area contributed by atoms with E-state index in [1.165, 1.54) is 0 Å². The Bertz CT molecular complexity index is 584. The van der Waals surface area contributed by atoms with E-state index >= 15 is 0 Å². The van der Waals surface area contributed by atoms with Gasteiger partial charge in [-0.1, -0.05) is 27.5 Å². The van der Waals surface area contributed by atoms with Crippen LogP contribution in [0, 0.1) is 5.92 Å². The van der Waals surface area contributed by atoms with Crippen LogP contribution >= 0.6 is 27.5 Å². The third-order valence-electron chi connectivity index (χ3n) is 2.73. The fourth-order valence-corrected chi connectivity index (χ4v) is 2.62. The molecule has 1 aromatic heterocycles. The van der Waals surface area contributed by atoms with Crippen molar-refractivity contribution in [2.75, 3.05) is 0 Å². The maximum Gasteiger partial charge on any atom is 0.201 e. The Hall–Kier alpha value is -0.800. The van der Waals surface area contributed by atoms with Gasteiger partial charge in [-0.05, 0) is 31.0 Å². The molecule has 1 aromatic carbocycles. The first kappa shape index (κ1) is 10.4. The first-order valence-corrected chi connectivity index (χ1v) is 6.25. The van der Waals surface area contributed by atoms with Gasteiger partial charge in [0.15, 0.2) is 11.3 Å². The van der Waals surface area contributed by atoms with Gasteiger partial charge in [0.1, 0.15) is 0 Å². The van der Waals surface area contributed by atoms with Crippen LogP contribution in [-0.2, 0) is 0 Å². The zero-order valence-electron chi connectivity index (χ0n) is 8.30. The lowest BCUT2D eigenvalue weighted by molar-refractivity contribution is 0.0942. The molecule has 1 heterocycles. The van der Waals surface area contributed by atoms with E-state index in [1.54, 1.807) is 12.1 Å². The Morgan fingerprint density at radius 1 is 1.38 bits per heavy atom. The molecule has 1 fully saturated rings. The third kappa shape index (κ3) is 1.68. The lowest BCUT2D eigenvalue weighted by Crippen LogP contribution is -1.98. The molecule has 0 bridgehead atoms. The Morgan fingerprint density at radius 2 is 2.12 bits per heavy atom. The second-order valence-corrected chi connectivity index (χ2v) is 5.38. The van der Waals surface area contributed by atoms with Gasteiger partial charge in [0.2, 0.25) is 5.78 Å². The molecule has 3 rings (SSSR count). The molecule has 0 spiro atoms. The summed E-state index contributed by atoms with van der Waals surface area (Å²) in [6, 6.07) is 5.43. The molecule has 1 aliphatic rings. The van der Waals surface area contributed by atoms with Crippen LogP contribution in [0.2, 0.25) is 5.02 Å².